The second-order valence-corrected chi connectivity index (χ2v) is 5.70. The van der Waals surface area contributed by atoms with Crippen molar-refractivity contribution in [3.8, 4) is 0 Å². The number of fused-ring (bicyclic) bond motifs is 1. The molecule has 19 heavy (non-hydrogen) atoms. The fourth-order valence-electron chi connectivity index (χ4n) is 1.96. The van der Waals surface area contributed by atoms with Crippen molar-refractivity contribution in [3.63, 3.8) is 0 Å². The van der Waals surface area contributed by atoms with Crippen LogP contribution in [0.15, 0.2) is 24.4 Å². The van der Waals surface area contributed by atoms with Crippen LogP contribution in [-0.4, -0.2) is 46.1 Å². The molecule has 0 aliphatic carbocycles. The van der Waals surface area contributed by atoms with Gasteiger partial charge >= 0.3 is 0 Å². The van der Waals surface area contributed by atoms with Crippen molar-refractivity contribution in [2.75, 3.05) is 19.1 Å². The van der Waals surface area contributed by atoms with E-state index in [1.165, 1.54) is 0 Å². The van der Waals surface area contributed by atoms with Crippen LogP contribution < -0.4 is 0 Å². The van der Waals surface area contributed by atoms with Crippen molar-refractivity contribution in [1.82, 2.24) is 15.1 Å². The smallest absolute Gasteiger partial charge is 0.253 e. The first-order valence-electron chi connectivity index (χ1n) is 6.32. The Morgan fingerprint density at radius 3 is 3.05 bits per heavy atom. The summed E-state index contributed by atoms with van der Waals surface area (Å²) in [4.78, 5) is 14.2. The highest BCUT2D eigenvalue weighted by Crippen LogP contribution is 2.16. The number of hydrogen-bond acceptors (Lipinski definition) is 3. The van der Waals surface area contributed by atoms with E-state index in [4.69, 9.17) is 0 Å². The Labute approximate surface area is 117 Å². The third-order valence-corrected chi connectivity index (χ3v) is 4.05. The molecule has 1 atom stereocenters. The fourth-order valence-corrected chi connectivity index (χ4v) is 2.53. The summed E-state index contributed by atoms with van der Waals surface area (Å²) >= 11 is 1.81. The molecule has 0 bridgehead atoms. The zero-order valence-corrected chi connectivity index (χ0v) is 12.3. The van der Waals surface area contributed by atoms with Gasteiger partial charge in [0, 0.05) is 24.0 Å². The van der Waals surface area contributed by atoms with E-state index in [0.717, 1.165) is 23.1 Å². The van der Waals surface area contributed by atoms with E-state index in [1.807, 2.05) is 30.1 Å². The summed E-state index contributed by atoms with van der Waals surface area (Å²) in [5.41, 5.74) is 1.60. The van der Waals surface area contributed by atoms with Gasteiger partial charge in [0.05, 0.1) is 11.7 Å². The van der Waals surface area contributed by atoms with Crippen LogP contribution >= 0.6 is 11.8 Å². The van der Waals surface area contributed by atoms with Crippen LogP contribution in [0.5, 0.6) is 0 Å². The molecule has 1 aromatic heterocycles. The van der Waals surface area contributed by atoms with Gasteiger partial charge in [0.2, 0.25) is 0 Å². The van der Waals surface area contributed by atoms with Crippen molar-refractivity contribution in [2.45, 2.75) is 19.4 Å². The number of nitrogens with zero attached hydrogens (tertiary/aromatic N) is 2. The summed E-state index contributed by atoms with van der Waals surface area (Å²) in [6, 6.07) is 5.89. The number of hydrogen-bond donors (Lipinski definition) is 1. The SMILES string of the molecule is CSCCC(C)N(C)C(=O)c1ccc2cn[nH]c2c1. The molecule has 0 saturated heterocycles. The van der Waals surface area contributed by atoms with Crippen LogP contribution in [0.25, 0.3) is 10.9 Å². The predicted molar refractivity (Wildman–Crippen MR) is 80.6 cm³/mol. The van der Waals surface area contributed by atoms with Crippen molar-refractivity contribution >= 4 is 28.6 Å². The minimum absolute atomic E-state index is 0.0603. The number of aromatic amines is 1. The largest absolute Gasteiger partial charge is 0.339 e. The molecule has 1 N–H and O–H groups in total. The molecule has 5 heteroatoms. The summed E-state index contributed by atoms with van der Waals surface area (Å²) in [6.45, 7) is 2.09. The van der Waals surface area contributed by atoms with Crippen LogP contribution in [-0.2, 0) is 0 Å². The molecule has 1 unspecified atom stereocenters. The predicted octanol–water partition coefficient (Wildman–Crippen LogP) is 2.78. The summed E-state index contributed by atoms with van der Waals surface area (Å²) in [7, 11) is 1.87. The lowest BCUT2D eigenvalue weighted by Crippen LogP contribution is -2.35. The molecule has 0 aliphatic heterocycles. The summed E-state index contributed by atoms with van der Waals surface area (Å²) in [5.74, 6) is 1.13. The number of rotatable bonds is 5. The minimum atomic E-state index is 0.0603. The number of carbonyl (C=O) groups is 1. The highest BCUT2D eigenvalue weighted by atomic mass is 32.2. The van der Waals surface area contributed by atoms with Gasteiger partial charge in [0.1, 0.15) is 0 Å². The van der Waals surface area contributed by atoms with Crippen LogP contribution in [0.3, 0.4) is 0 Å². The average molecular weight is 277 g/mol. The lowest BCUT2D eigenvalue weighted by molar-refractivity contribution is 0.0741. The molecule has 0 fully saturated rings. The highest BCUT2D eigenvalue weighted by molar-refractivity contribution is 7.98. The van der Waals surface area contributed by atoms with Gasteiger partial charge < -0.3 is 4.90 Å². The number of H-pyrrole nitrogens is 1. The molecule has 1 amide bonds. The van der Waals surface area contributed by atoms with E-state index in [0.29, 0.717) is 5.56 Å². The Morgan fingerprint density at radius 1 is 1.53 bits per heavy atom. The van der Waals surface area contributed by atoms with E-state index >= 15 is 0 Å². The van der Waals surface area contributed by atoms with Gasteiger partial charge in [-0.2, -0.15) is 16.9 Å². The number of carbonyl (C=O) groups excluding carboxylic acids is 1. The molecule has 2 rings (SSSR count). The van der Waals surface area contributed by atoms with Crippen LogP contribution in [0.1, 0.15) is 23.7 Å². The van der Waals surface area contributed by atoms with Crippen LogP contribution in [0.4, 0.5) is 0 Å². The molecule has 1 heterocycles. The number of thioether (sulfide) groups is 1. The Balaban J connectivity index is 2.13. The second kappa shape index (κ2) is 6.10. The van der Waals surface area contributed by atoms with E-state index in [1.54, 1.807) is 18.0 Å². The van der Waals surface area contributed by atoms with Gasteiger partial charge in [-0.3, -0.25) is 9.89 Å². The van der Waals surface area contributed by atoms with E-state index in [-0.39, 0.29) is 11.9 Å². The molecule has 102 valence electrons. The van der Waals surface area contributed by atoms with E-state index < -0.39 is 0 Å². The summed E-state index contributed by atoms with van der Waals surface area (Å²) in [6.07, 6.45) is 4.85. The fraction of sp³-hybridized carbons (Fsp3) is 0.429. The first-order valence-corrected chi connectivity index (χ1v) is 7.72. The lowest BCUT2D eigenvalue weighted by atomic mass is 10.1. The Bertz CT molecular complexity index is 567. The topological polar surface area (TPSA) is 49.0 Å². The highest BCUT2D eigenvalue weighted by Gasteiger charge is 2.17. The molecule has 4 nitrogen and oxygen atoms in total. The molecule has 0 aliphatic rings. The molecule has 0 radical (unpaired) electrons. The third-order valence-electron chi connectivity index (χ3n) is 3.41. The van der Waals surface area contributed by atoms with Crippen LogP contribution in [0.2, 0.25) is 0 Å². The van der Waals surface area contributed by atoms with E-state index in [9.17, 15) is 4.79 Å². The van der Waals surface area contributed by atoms with Gasteiger partial charge in [0.25, 0.3) is 5.91 Å². The molecule has 2 aromatic rings. The summed E-state index contributed by atoms with van der Waals surface area (Å²) in [5, 5.41) is 7.89. The number of nitrogens with one attached hydrogen (secondary N) is 1. The van der Waals surface area contributed by atoms with Crippen LogP contribution in [0, 0.1) is 0 Å². The molecular formula is C14H19N3OS. The molecule has 0 spiro atoms. The maximum Gasteiger partial charge on any atom is 0.253 e. The zero-order chi connectivity index (χ0) is 13.8. The second-order valence-electron chi connectivity index (χ2n) is 4.72. The first kappa shape index (κ1) is 13.9. The standard InChI is InChI=1S/C14H19N3OS/c1-10(6-7-19-3)17(2)14(18)11-4-5-12-9-15-16-13(12)8-11/h4-5,8-10H,6-7H2,1-3H3,(H,15,16). The molecule has 1 aromatic carbocycles. The van der Waals surface area contributed by atoms with Gasteiger partial charge in [-0.1, -0.05) is 6.07 Å². The molecule has 0 saturated carbocycles. The quantitative estimate of drug-likeness (QED) is 0.914. The Hall–Kier alpha value is -1.49. The lowest BCUT2D eigenvalue weighted by Gasteiger charge is -2.24. The van der Waals surface area contributed by atoms with Gasteiger partial charge in [-0.15, -0.1) is 0 Å². The minimum Gasteiger partial charge on any atom is -0.339 e. The average Bonchev–Trinajstić information content (AvgIpc) is 2.90. The number of amides is 1. The Morgan fingerprint density at radius 2 is 2.32 bits per heavy atom. The van der Waals surface area contributed by atoms with Gasteiger partial charge in [-0.05, 0) is 37.5 Å². The van der Waals surface area contributed by atoms with E-state index in [2.05, 4.69) is 23.4 Å². The van der Waals surface area contributed by atoms with Crippen molar-refractivity contribution < 1.29 is 4.79 Å². The summed E-state index contributed by atoms with van der Waals surface area (Å²) < 4.78 is 0. The number of benzene rings is 1. The maximum absolute atomic E-state index is 12.4. The normalized spacial score (nSPS) is 12.6. The Kier molecular flexibility index (Phi) is 4.47. The maximum atomic E-state index is 12.4. The van der Waals surface area contributed by atoms with Crippen molar-refractivity contribution in [2.24, 2.45) is 0 Å². The molecular weight excluding hydrogens is 258 g/mol. The first-order chi connectivity index (χ1) is 9.13. The van der Waals surface area contributed by atoms with Gasteiger partial charge in [0.15, 0.2) is 0 Å². The monoisotopic (exact) mass is 277 g/mol. The van der Waals surface area contributed by atoms with Gasteiger partial charge in [-0.25, -0.2) is 0 Å². The third kappa shape index (κ3) is 3.10. The van der Waals surface area contributed by atoms with Crippen molar-refractivity contribution in [3.05, 3.63) is 30.0 Å². The zero-order valence-electron chi connectivity index (χ0n) is 11.5. The van der Waals surface area contributed by atoms with Crippen molar-refractivity contribution in [1.29, 1.82) is 0 Å². The number of aromatic nitrogens is 2.